The van der Waals surface area contributed by atoms with Gasteiger partial charge in [0, 0.05) is 35.9 Å². The second kappa shape index (κ2) is 5.26. The lowest BCUT2D eigenvalue weighted by atomic mass is 10.3. The Morgan fingerprint density at radius 1 is 1.65 bits per heavy atom. The summed E-state index contributed by atoms with van der Waals surface area (Å²) in [5.41, 5.74) is 0.339. The molecule has 1 aromatic heterocycles. The van der Waals surface area contributed by atoms with Crippen LogP contribution in [-0.4, -0.2) is 37.0 Å². The van der Waals surface area contributed by atoms with Crippen molar-refractivity contribution < 1.29 is 9.13 Å². The van der Waals surface area contributed by atoms with Crippen molar-refractivity contribution in [3.63, 3.8) is 0 Å². The van der Waals surface area contributed by atoms with E-state index in [1.54, 1.807) is 20.2 Å². The Balaban J connectivity index is 2.97. The SMILES string of the molecule is Cc1nn(C)c(NC(C)CS(C)=O)c1[N+](=O)[O-]. The van der Waals surface area contributed by atoms with E-state index in [0.29, 0.717) is 17.3 Å². The first-order valence-electron chi connectivity index (χ1n) is 5.07. The Hall–Kier alpha value is -1.44. The van der Waals surface area contributed by atoms with Crippen molar-refractivity contribution in [2.75, 3.05) is 17.3 Å². The Bertz CT molecular complexity index is 457. The summed E-state index contributed by atoms with van der Waals surface area (Å²) < 4.78 is 12.5. The molecule has 1 heterocycles. The van der Waals surface area contributed by atoms with Gasteiger partial charge in [-0.3, -0.25) is 14.3 Å². The summed E-state index contributed by atoms with van der Waals surface area (Å²) in [4.78, 5) is 10.5. The Kier molecular flexibility index (Phi) is 4.22. The van der Waals surface area contributed by atoms with E-state index in [2.05, 4.69) is 10.4 Å². The first-order valence-corrected chi connectivity index (χ1v) is 6.80. The van der Waals surface area contributed by atoms with E-state index < -0.39 is 15.7 Å². The molecule has 1 N–H and O–H groups in total. The average Bonchev–Trinajstić information content (AvgIpc) is 2.39. The fraction of sp³-hybridized carbons (Fsp3) is 0.667. The standard InChI is InChI=1S/C9H16N4O3S/c1-6(5-17(4)16)10-9-8(13(14)15)7(2)11-12(9)3/h6,10H,5H2,1-4H3. The van der Waals surface area contributed by atoms with Gasteiger partial charge in [0.1, 0.15) is 5.69 Å². The quantitative estimate of drug-likeness (QED) is 0.625. The molecule has 96 valence electrons. The minimum Gasteiger partial charge on any atom is -0.361 e. The summed E-state index contributed by atoms with van der Waals surface area (Å²) in [5.74, 6) is 0.784. The molecule has 0 fully saturated rings. The summed E-state index contributed by atoms with van der Waals surface area (Å²) in [5, 5.41) is 17.9. The average molecular weight is 260 g/mol. The van der Waals surface area contributed by atoms with Crippen molar-refractivity contribution >= 4 is 22.3 Å². The molecule has 2 unspecified atom stereocenters. The van der Waals surface area contributed by atoms with Crippen molar-refractivity contribution in [2.45, 2.75) is 19.9 Å². The predicted molar refractivity (Wildman–Crippen MR) is 66.6 cm³/mol. The highest BCUT2D eigenvalue weighted by Crippen LogP contribution is 2.27. The molecule has 17 heavy (non-hydrogen) atoms. The second-order valence-corrected chi connectivity index (χ2v) is 5.43. The second-order valence-electron chi connectivity index (χ2n) is 3.95. The van der Waals surface area contributed by atoms with Crippen LogP contribution in [0.3, 0.4) is 0 Å². The third-order valence-corrected chi connectivity index (χ3v) is 3.21. The highest BCUT2D eigenvalue weighted by molar-refractivity contribution is 7.84. The van der Waals surface area contributed by atoms with Crippen LogP contribution in [0.4, 0.5) is 11.5 Å². The molecule has 1 aromatic rings. The van der Waals surface area contributed by atoms with Gasteiger partial charge in [-0.05, 0) is 13.8 Å². The zero-order chi connectivity index (χ0) is 13.2. The van der Waals surface area contributed by atoms with Crippen molar-refractivity contribution in [3.8, 4) is 0 Å². The van der Waals surface area contributed by atoms with E-state index in [0.717, 1.165) is 0 Å². The smallest absolute Gasteiger partial charge is 0.333 e. The number of nitrogens with zero attached hydrogens (tertiary/aromatic N) is 3. The number of aryl methyl sites for hydroxylation is 2. The number of rotatable bonds is 5. The number of nitrogens with one attached hydrogen (secondary N) is 1. The molecule has 0 amide bonds. The van der Waals surface area contributed by atoms with Crippen LogP contribution >= 0.6 is 0 Å². The number of hydrogen-bond donors (Lipinski definition) is 1. The molecule has 0 aliphatic carbocycles. The molecule has 0 radical (unpaired) electrons. The number of hydrogen-bond acceptors (Lipinski definition) is 5. The maximum atomic E-state index is 11.1. The Morgan fingerprint density at radius 2 is 2.24 bits per heavy atom. The summed E-state index contributed by atoms with van der Waals surface area (Å²) >= 11 is 0. The van der Waals surface area contributed by atoms with Gasteiger partial charge >= 0.3 is 5.69 Å². The van der Waals surface area contributed by atoms with Gasteiger partial charge in [-0.1, -0.05) is 0 Å². The summed E-state index contributed by atoms with van der Waals surface area (Å²) in [7, 11) is 0.688. The van der Waals surface area contributed by atoms with Gasteiger partial charge in [-0.15, -0.1) is 0 Å². The normalized spacial score (nSPS) is 14.4. The van der Waals surface area contributed by atoms with Gasteiger partial charge in [0.25, 0.3) is 0 Å². The van der Waals surface area contributed by atoms with Crippen LogP contribution in [0.5, 0.6) is 0 Å². The van der Waals surface area contributed by atoms with E-state index in [-0.39, 0.29) is 11.7 Å². The predicted octanol–water partition coefficient (Wildman–Crippen LogP) is 0.816. The minimum atomic E-state index is -0.948. The molecular formula is C9H16N4O3S. The molecule has 0 bridgehead atoms. The molecule has 7 nitrogen and oxygen atoms in total. The van der Waals surface area contributed by atoms with Crippen molar-refractivity contribution in [2.24, 2.45) is 7.05 Å². The zero-order valence-corrected chi connectivity index (χ0v) is 11.1. The van der Waals surface area contributed by atoms with E-state index in [1.807, 2.05) is 6.92 Å². The molecule has 0 saturated carbocycles. The first kappa shape index (κ1) is 13.6. The van der Waals surface area contributed by atoms with Crippen LogP contribution in [0.1, 0.15) is 12.6 Å². The molecule has 0 saturated heterocycles. The van der Waals surface area contributed by atoms with Crippen molar-refractivity contribution in [3.05, 3.63) is 15.8 Å². The lowest BCUT2D eigenvalue weighted by Crippen LogP contribution is -2.24. The van der Waals surface area contributed by atoms with E-state index >= 15 is 0 Å². The van der Waals surface area contributed by atoms with Crippen LogP contribution in [0, 0.1) is 17.0 Å². The maximum absolute atomic E-state index is 11.1. The fourth-order valence-electron chi connectivity index (χ4n) is 1.65. The highest BCUT2D eigenvalue weighted by atomic mass is 32.2. The number of aromatic nitrogens is 2. The van der Waals surface area contributed by atoms with Crippen LogP contribution in [0.2, 0.25) is 0 Å². The largest absolute Gasteiger partial charge is 0.361 e. The van der Waals surface area contributed by atoms with Crippen LogP contribution in [0.25, 0.3) is 0 Å². The molecule has 0 spiro atoms. The molecule has 8 heteroatoms. The van der Waals surface area contributed by atoms with Gasteiger partial charge < -0.3 is 5.32 Å². The molecule has 0 aliphatic rings. The molecule has 1 rings (SSSR count). The monoisotopic (exact) mass is 260 g/mol. The third kappa shape index (κ3) is 3.26. The maximum Gasteiger partial charge on any atom is 0.333 e. The van der Waals surface area contributed by atoms with E-state index in [4.69, 9.17) is 0 Å². The summed E-state index contributed by atoms with van der Waals surface area (Å²) in [6, 6.07) is -0.116. The fourth-order valence-corrected chi connectivity index (χ4v) is 2.44. The first-order chi connectivity index (χ1) is 7.82. The lowest BCUT2D eigenvalue weighted by molar-refractivity contribution is -0.384. The van der Waals surface area contributed by atoms with Crippen molar-refractivity contribution in [1.29, 1.82) is 0 Å². The van der Waals surface area contributed by atoms with Crippen LogP contribution < -0.4 is 5.32 Å². The summed E-state index contributed by atoms with van der Waals surface area (Å²) in [6.07, 6.45) is 1.60. The van der Waals surface area contributed by atoms with Gasteiger partial charge in [-0.25, -0.2) is 4.68 Å². The summed E-state index contributed by atoms with van der Waals surface area (Å²) in [6.45, 7) is 3.42. The van der Waals surface area contributed by atoms with Crippen molar-refractivity contribution in [1.82, 2.24) is 9.78 Å². The molecule has 2 atom stereocenters. The van der Waals surface area contributed by atoms with Crippen LogP contribution in [0.15, 0.2) is 0 Å². The Labute approximate surface area is 102 Å². The number of anilines is 1. The molecular weight excluding hydrogens is 244 g/mol. The van der Waals surface area contributed by atoms with E-state index in [9.17, 15) is 14.3 Å². The lowest BCUT2D eigenvalue weighted by Gasteiger charge is -2.12. The van der Waals surface area contributed by atoms with Gasteiger partial charge in [0.05, 0.1) is 4.92 Å². The van der Waals surface area contributed by atoms with Gasteiger partial charge in [0.15, 0.2) is 0 Å². The van der Waals surface area contributed by atoms with Gasteiger partial charge in [0.2, 0.25) is 5.82 Å². The minimum absolute atomic E-state index is 0.0266. The highest BCUT2D eigenvalue weighted by Gasteiger charge is 2.24. The molecule has 0 aromatic carbocycles. The topological polar surface area (TPSA) is 90.1 Å². The van der Waals surface area contributed by atoms with Gasteiger partial charge in [-0.2, -0.15) is 5.10 Å². The zero-order valence-electron chi connectivity index (χ0n) is 10.3. The number of nitro groups is 1. The van der Waals surface area contributed by atoms with Crippen LogP contribution in [-0.2, 0) is 17.8 Å². The van der Waals surface area contributed by atoms with E-state index in [1.165, 1.54) is 4.68 Å². The Morgan fingerprint density at radius 3 is 2.71 bits per heavy atom. The molecule has 0 aliphatic heterocycles. The third-order valence-electron chi connectivity index (χ3n) is 2.24.